The van der Waals surface area contributed by atoms with E-state index in [1.54, 1.807) is 0 Å². The number of rotatable bonds is 3. The quantitative estimate of drug-likeness (QED) is 0.800. The third-order valence-corrected chi connectivity index (χ3v) is 3.27. The lowest BCUT2D eigenvalue weighted by Crippen LogP contribution is -2.52. The molecule has 5 heteroatoms. The topological polar surface area (TPSA) is 61.4 Å². The molecule has 0 aromatic carbocycles. The molecule has 0 saturated carbocycles. The lowest BCUT2D eigenvalue weighted by atomic mass is 9.99. The fourth-order valence-corrected chi connectivity index (χ4v) is 2.26. The Morgan fingerprint density at radius 3 is 2.50 bits per heavy atom. The highest BCUT2D eigenvalue weighted by molar-refractivity contribution is 5.96. The third-order valence-electron chi connectivity index (χ3n) is 3.27. The molecule has 104 valence electrons. The van der Waals surface area contributed by atoms with Crippen LogP contribution in [0.15, 0.2) is 0 Å². The minimum absolute atomic E-state index is 0.0307. The average molecular weight is 255 g/mol. The molecule has 1 rings (SSSR count). The highest BCUT2D eigenvalue weighted by atomic mass is 16.2. The van der Waals surface area contributed by atoms with Crippen molar-refractivity contribution in [2.45, 2.75) is 52.6 Å². The van der Waals surface area contributed by atoms with Crippen LogP contribution in [0.1, 0.15) is 40.5 Å². The predicted octanol–water partition coefficient (Wildman–Crippen LogP) is 1.34. The standard InChI is InChI=1S/C13H25N3O2/c1-9(2)14-13(18)15-12(17)11(4)16-7-5-6-10(3)8-16/h9-11H,5-8H2,1-4H3,(H2,14,15,17,18)/t10-,11+/m1/s1. The van der Waals surface area contributed by atoms with E-state index in [4.69, 9.17) is 0 Å². The maximum atomic E-state index is 11.9. The summed E-state index contributed by atoms with van der Waals surface area (Å²) in [5.74, 6) is 0.403. The number of piperidine rings is 1. The molecule has 0 aliphatic carbocycles. The van der Waals surface area contributed by atoms with Crippen LogP contribution in [0.4, 0.5) is 4.79 Å². The first-order valence-corrected chi connectivity index (χ1v) is 6.75. The van der Waals surface area contributed by atoms with E-state index in [1.165, 1.54) is 6.42 Å². The zero-order chi connectivity index (χ0) is 13.7. The monoisotopic (exact) mass is 255 g/mol. The Labute approximate surface area is 109 Å². The van der Waals surface area contributed by atoms with Crippen molar-refractivity contribution in [2.75, 3.05) is 13.1 Å². The number of hydrogen-bond acceptors (Lipinski definition) is 3. The summed E-state index contributed by atoms with van der Waals surface area (Å²) in [4.78, 5) is 25.5. The lowest BCUT2D eigenvalue weighted by Gasteiger charge is -2.34. The Bertz CT molecular complexity index is 305. The molecule has 1 fully saturated rings. The summed E-state index contributed by atoms with van der Waals surface area (Å²) in [6, 6.07) is -0.624. The molecule has 2 N–H and O–H groups in total. The summed E-state index contributed by atoms with van der Waals surface area (Å²) >= 11 is 0. The van der Waals surface area contributed by atoms with E-state index < -0.39 is 6.03 Å². The molecule has 0 unspecified atom stereocenters. The van der Waals surface area contributed by atoms with Crippen molar-refractivity contribution in [1.82, 2.24) is 15.5 Å². The highest BCUT2D eigenvalue weighted by Crippen LogP contribution is 2.17. The molecule has 18 heavy (non-hydrogen) atoms. The molecule has 1 heterocycles. The smallest absolute Gasteiger partial charge is 0.321 e. The maximum absolute atomic E-state index is 11.9. The zero-order valence-corrected chi connectivity index (χ0v) is 11.8. The second-order valence-corrected chi connectivity index (χ2v) is 5.54. The van der Waals surface area contributed by atoms with Crippen molar-refractivity contribution >= 4 is 11.9 Å². The van der Waals surface area contributed by atoms with Crippen LogP contribution in [0.25, 0.3) is 0 Å². The Kier molecular flexibility index (Phi) is 5.59. The van der Waals surface area contributed by atoms with Gasteiger partial charge in [-0.15, -0.1) is 0 Å². The van der Waals surface area contributed by atoms with E-state index in [9.17, 15) is 9.59 Å². The van der Waals surface area contributed by atoms with Gasteiger partial charge in [0.2, 0.25) is 5.91 Å². The van der Waals surface area contributed by atoms with Crippen LogP contribution in [0, 0.1) is 5.92 Å². The summed E-state index contributed by atoms with van der Waals surface area (Å²) < 4.78 is 0. The minimum atomic E-state index is -0.410. The number of hydrogen-bond donors (Lipinski definition) is 2. The summed E-state index contributed by atoms with van der Waals surface area (Å²) in [6.45, 7) is 9.64. The molecular weight excluding hydrogens is 230 g/mol. The Hall–Kier alpha value is -1.10. The van der Waals surface area contributed by atoms with Gasteiger partial charge in [0.05, 0.1) is 6.04 Å². The van der Waals surface area contributed by atoms with Gasteiger partial charge >= 0.3 is 6.03 Å². The number of amides is 3. The van der Waals surface area contributed by atoms with Gasteiger partial charge in [-0.3, -0.25) is 15.0 Å². The van der Waals surface area contributed by atoms with Gasteiger partial charge in [-0.1, -0.05) is 6.92 Å². The van der Waals surface area contributed by atoms with Gasteiger partial charge < -0.3 is 5.32 Å². The molecule has 0 aromatic rings. The first-order valence-electron chi connectivity index (χ1n) is 6.75. The molecule has 0 spiro atoms. The van der Waals surface area contributed by atoms with Gasteiger partial charge in [-0.2, -0.15) is 0 Å². The lowest BCUT2D eigenvalue weighted by molar-refractivity contribution is -0.125. The van der Waals surface area contributed by atoms with Gasteiger partial charge in [0.15, 0.2) is 0 Å². The molecule has 0 radical (unpaired) electrons. The van der Waals surface area contributed by atoms with Crippen LogP contribution in [0.5, 0.6) is 0 Å². The van der Waals surface area contributed by atoms with Crippen molar-refractivity contribution in [1.29, 1.82) is 0 Å². The van der Waals surface area contributed by atoms with Gasteiger partial charge in [-0.25, -0.2) is 4.79 Å². The number of likely N-dealkylation sites (tertiary alicyclic amines) is 1. The highest BCUT2D eigenvalue weighted by Gasteiger charge is 2.26. The molecular formula is C13H25N3O2. The largest absolute Gasteiger partial charge is 0.336 e. The van der Waals surface area contributed by atoms with E-state index in [-0.39, 0.29) is 18.0 Å². The summed E-state index contributed by atoms with van der Waals surface area (Å²) in [7, 11) is 0. The van der Waals surface area contributed by atoms with Crippen LogP contribution >= 0.6 is 0 Å². The van der Waals surface area contributed by atoms with Crippen LogP contribution in [-0.2, 0) is 4.79 Å². The molecule has 1 saturated heterocycles. The van der Waals surface area contributed by atoms with Crippen LogP contribution < -0.4 is 10.6 Å². The first kappa shape index (κ1) is 15.0. The molecule has 1 aliphatic heterocycles. The van der Waals surface area contributed by atoms with Gasteiger partial charge in [0.25, 0.3) is 0 Å². The fraction of sp³-hybridized carbons (Fsp3) is 0.846. The molecule has 2 atom stereocenters. The Morgan fingerprint density at radius 1 is 1.28 bits per heavy atom. The second-order valence-electron chi connectivity index (χ2n) is 5.54. The second kappa shape index (κ2) is 6.73. The number of nitrogens with one attached hydrogen (secondary N) is 2. The van der Waals surface area contributed by atoms with E-state index in [0.717, 1.165) is 19.5 Å². The number of nitrogens with zero attached hydrogens (tertiary/aromatic N) is 1. The zero-order valence-electron chi connectivity index (χ0n) is 11.8. The summed E-state index contributed by atoms with van der Waals surface area (Å²) in [5, 5.41) is 5.04. The summed E-state index contributed by atoms with van der Waals surface area (Å²) in [5.41, 5.74) is 0. The molecule has 0 aromatic heterocycles. The van der Waals surface area contributed by atoms with Gasteiger partial charge in [-0.05, 0) is 46.1 Å². The molecule has 3 amide bonds. The first-order chi connectivity index (χ1) is 8.40. The van der Waals surface area contributed by atoms with Crippen LogP contribution in [0.2, 0.25) is 0 Å². The number of carbonyl (C=O) groups is 2. The number of urea groups is 1. The van der Waals surface area contributed by atoms with E-state index in [1.807, 2.05) is 20.8 Å². The van der Waals surface area contributed by atoms with Crippen molar-refractivity contribution in [3.63, 3.8) is 0 Å². The van der Waals surface area contributed by atoms with Gasteiger partial charge in [0, 0.05) is 12.6 Å². The minimum Gasteiger partial charge on any atom is -0.336 e. The average Bonchev–Trinajstić information content (AvgIpc) is 2.26. The third kappa shape index (κ3) is 4.64. The molecule has 1 aliphatic rings. The predicted molar refractivity (Wildman–Crippen MR) is 71.2 cm³/mol. The van der Waals surface area contributed by atoms with Crippen LogP contribution in [0.3, 0.4) is 0 Å². The van der Waals surface area contributed by atoms with Crippen molar-refractivity contribution < 1.29 is 9.59 Å². The van der Waals surface area contributed by atoms with Crippen molar-refractivity contribution in [3.8, 4) is 0 Å². The van der Waals surface area contributed by atoms with E-state index >= 15 is 0 Å². The SMILES string of the molecule is CC(C)NC(=O)NC(=O)[C@H](C)N1CCC[C@@H](C)C1. The van der Waals surface area contributed by atoms with E-state index in [2.05, 4.69) is 22.5 Å². The van der Waals surface area contributed by atoms with Crippen LogP contribution in [-0.4, -0.2) is 42.0 Å². The van der Waals surface area contributed by atoms with Gasteiger partial charge in [0.1, 0.15) is 0 Å². The maximum Gasteiger partial charge on any atom is 0.321 e. The normalized spacial score (nSPS) is 22.6. The number of imide groups is 1. The molecule has 0 bridgehead atoms. The fourth-order valence-electron chi connectivity index (χ4n) is 2.26. The van der Waals surface area contributed by atoms with E-state index in [0.29, 0.717) is 5.92 Å². The Morgan fingerprint density at radius 2 is 1.94 bits per heavy atom. The Balaban J connectivity index is 2.43. The van der Waals surface area contributed by atoms with Crippen molar-refractivity contribution in [3.05, 3.63) is 0 Å². The molecule has 5 nitrogen and oxygen atoms in total. The summed E-state index contributed by atoms with van der Waals surface area (Å²) in [6.07, 6.45) is 2.34. The van der Waals surface area contributed by atoms with Crippen molar-refractivity contribution in [2.24, 2.45) is 5.92 Å². The number of carbonyl (C=O) groups excluding carboxylic acids is 2.